The highest BCUT2D eigenvalue weighted by Crippen LogP contribution is 2.38. The zero-order valence-electron chi connectivity index (χ0n) is 7.85. The Morgan fingerprint density at radius 3 is 1.54 bits per heavy atom. The van der Waals surface area contributed by atoms with Crippen molar-refractivity contribution >= 4 is 11.8 Å². The highest BCUT2D eigenvalue weighted by atomic mass is 32.2. The summed E-state index contributed by atoms with van der Waals surface area (Å²) in [5.41, 5.74) is 0. The van der Waals surface area contributed by atoms with E-state index in [0.29, 0.717) is 10.5 Å². The minimum absolute atomic E-state index is 0.113. The Labute approximate surface area is 83.7 Å². The summed E-state index contributed by atoms with van der Waals surface area (Å²) in [6, 6.07) is 0. The van der Waals surface area contributed by atoms with E-state index in [2.05, 4.69) is 0 Å². The summed E-state index contributed by atoms with van der Waals surface area (Å²) in [4.78, 5) is 0. The molecule has 0 amide bonds. The molecule has 2 nitrogen and oxygen atoms in total. The number of aliphatic hydroxyl groups is 2. The molecule has 2 aliphatic rings. The third-order valence-electron chi connectivity index (χ3n) is 3.18. The molecule has 0 saturated heterocycles. The fraction of sp³-hybridized carbons (Fsp3) is 1.00. The number of hydrogen-bond donors (Lipinski definition) is 2. The van der Waals surface area contributed by atoms with E-state index in [1.807, 2.05) is 11.8 Å². The van der Waals surface area contributed by atoms with Gasteiger partial charge < -0.3 is 10.2 Å². The molecular weight excluding hydrogens is 184 g/mol. The van der Waals surface area contributed by atoms with Crippen molar-refractivity contribution in [2.45, 2.75) is 61.2 Å². The number of aliphatic hydroxyl groups excluding tert-OH is 2. The van der Waals surface area contributed by atoms with Gasteiger partial charge in [0.1, 0.15) is 0 Å². The first-order valence-electron chi connectivity index (χ1n) is 5.29. The van der Waals surface area contributed by atoms with Gasteiger partial charge >= 0.3 is 0 Å². The third kappa shape index (κ3) is 2.20. The molecule has 0 aliphatic heterocycles. The van der Waals surface area contributed by atoms with E-state index in [4.69, 9.17) is 0 Å². The second-order valence-corrected chi connectivity index (χ2v) is 5.69. The normalized spacial score (nSPS) is 45.7. The smallest absolute Gasteiger partial charge is 0.0658 e. The lowest BCUT2D eigenvalue weighted by Gasteiger charge is -2.20. The molecule has 0 spiro atoms. The lowest BCUT2D eigenvalue weighted by Crippen LogP contribution is -2.23. The van der Waals surface area contributed by atoms with Crippen LogP contribution >= 0.6 is 11.8 Å². The Bertz CT molecular complexity index is 156. The maximum atomic E-state index is 9.63. The van der Waals surface area contributed by atoms with Crippen molar-refractivity contribution in [2.75, 3.05) is 0 Å². The Balaban J connectivity index is 1.82. The average molecular weight is 202 g/mol. The summed E-state index contributed by atoms with van der Waals surface area (Å²) >= 11 is 1.83. The van der Waals surface area contributed by atoms with Crippen molar-refractivity contribution in [3.8, 4) is 0 Å². The number of rotatable bonds is 2. The van der Waals surface area contributed by atoms with Gasteiger partial charge in [0.25, 0.3) is 0 Å². The van der Waals surface area contributed by atoms with E-state index in [9.17, 15) is 10.2 Å². The van der Waals surface area contributed by atoms with E-state index in [1.54, 1.807) is 0 Å². The molecule has 0 aromatic heterocycles. The molecule has 0 radical (unpaired) electrons. The lowest BCUT2D eigenvalue weighted by molar-refractivity contribution is 0.181. The molecule has 2 rings (SSSR count). The summed E-state index contributed by atoms with van der Waals surface area (Å²) < 4.78 is 0. The zero-order chi connectivity index (χ0) is 9.26. The van der Waals surface area contributed by atoms with Gasteiger partial charge in [-0.2, -0.15) is 0 Å². The fourth-order valence-corrected chi connectivity index (χ4v) is 4.04. The van der Waals surface area contributed by atoms with Gasteiger partial charge in [-0.25, -0.2) is 0 Å². The second-order valence-electron chi connectivity index (χ2n) is 4.21. The third-order valence-corrected chi connectivity index (χ3v) is 4.98. The first-order valence-corrected chi connectivity index (χ1v) is 6.23. The molecule has 2 N–H and O–H groups in total. The summed E-state index contributed by atoms with van der Waals surface area (Å²) in [5, 5.41) is 20.1. The quantitative estimate of drug-likeness (QED) is 0.713. The zero-order valence-corrected chi connectivity index (χ0v) is 8.67. The molecule has 0 aromatic rings. The minimum atomic E-state index is -0.113. The van der Waals surface area contributed by atoms with E-state index < -0.39 is 0 Å². The monoisotopic (exact) mass is 202 g/mol. The molecule has 4 unspecified atom stereocenters. The van der Waals surface area contributed by atoms with Crippen molar-refractivity contribution in [1.82, 2.24) is 0 Å². The first kappa shape index (κ1) is 9.81. The molecule has 76 valence electrons. The maximum Gasteiger partial charge on any atom is 0.0658 e. The van der Waals surface area contributed by atoms with Crippen molar-refractivity contribution in [3.05, 3.63) is 0 Å². The Kier molecular flexibility index (Phi) is 3.17. The van der Waals surface area contributed by atoms with Crippen LogP contribution in [-0.4, -0.2) is 32.9 Å². The van der Waals surface area contributed by atoms with Gasteiger partial charge in [-0.1, -0.05) is 0 Å². The Morgan fingerprint density at radius 2 is 1.23 bits per heavy atom. The predicted octanol–water partition coefficient (Wildman–Crippen LogP) is 1.55. The van der Waals surface area contributed by atoms with Crippen LogP contribution in [0.3, 0.4) is 0 Å². The molecule has 2 fully saturated rings. The Morgan fingerprint density at radius 1 is 0.769 bits per heavy atom. The second kappa shape index (κ2) is 4.20. The predicted molar refractivity (Wildman–Crippen MR) is 54.9 cm³/mol. The topological polar surface area (TPSA) is 40.5 Å². The fourth-order valence-electron chi connectivity index (χ4n) is 2.35. The van der Waals surface area contributed by atoms with Gasteiger partial charge in [0.05, 0.1) is 12.2 Å². The SMILES string of the molecule is OC1CCCC1SC1CCCC1O. The van der Waals surface area contributed by atoms with Crippen molar-refractivity contribution < 1.29 is 10.2 Å². The van der Waals surface area contributed by atoms with E-state index >= 15 is 0 Å². The van der Waals surface area contributed by atoms with Crippen LogP contribution in [0.4, 0.5) is 0 Å². The molecule has 0 heterocycles. The molecular formula is C10H18O2S. The summed E-state index contributed by atoms with van der Waals surface area (Å²) in [5.74, 6) is 0. The van der Waals surface area contributed by atoms with Gasteiger partial charge in [0.2, 0.25) is 0 Å². The van der Waals surface area contributed by atoms with Crippen LogP contribution in [-0.2, 0) is 0 Å². The van der Waals surface area contributed by atoms with Crippen LogP contribution in [0, 0.1) is 0 Å². The van der Waals surface area contributed by atoms with Crippen molar-refractivity contribution in [3.63, 3.8) is 0 Å². The molecule has 4 atom stereocenters. The van der Waals surface area contributed by atoms with Gasteiger partial charge in [0, 0.05) is 10.5 Å². The summed E-state index contributed by atoms with van der Waals surface area (Å²) in [6.07, 6.45) is 6.27. The highest BCUT2D eigenvalue weighted by molar-refractivity contribution is 8.00. The van der Waals surface area contributed by atoms with E-state index in [0.717, 1.165) is 38.5 Å². The average Bonchev–Trinajstić information content (AvgIpc) is 2.65. The van der Waals surface area contributed by atoms with E-state index in [-0.39, 0.29) is 12.2 Å². The summed E-state index contributed by atoms with van der Waals surface area (Å²) in [7, 11) is 0. The molecule has 2 aliphatic carbocycles. The van der Waals surface area contributed by atoms with Crippen LogP contribution in [0.5, 0.6) is 0 Å². The van der Waals surface area contributed by atoms with Crippen LogP contribution < -0.4 is 0 Å². The van der Waals surface area contributed by atoms with E-state index in [1.165, 1.54) is 0 Å². The van der Waals surface area contributed by atoms with Gasteiger partial charge in [-0.15, -0.1) is 11.8 Å². The van der Waals surface area contributed by atoms with Gasteiger partial charge in [-0.3, -0.25) is 0 Å². The van der Waals surface area contributed by atoms with Crippen LogP contribution in [0.25, 0.3) is 0 Å². The maximum absolute atomic E-state index is 9.63. The molecule has 2 saturated carbocycles. The van der Waals surface area contributed by atoms with Crippen molar-refractivity contribution in [2.24, 2.45) is 0 Å². The first-order chi connectivity index (χ1) is 6.27. The highest BCUT2D eigenvalue weighted by Gasteiger charge is 2.33. The molecule has 3 heteroatoms. The Hall–Kier alpha value is 0.270. The minimum Gasteiger partial charge on any atom is -0.392 e. The number of thioether (sulfide) groups is 1. The molecule has 0 bridgehead atoms. The number of hydrogen-bond acceptors (Lipinski definition) is 3. The van der Waals surface area contributed by atoms with Crippen LogP contribution in [0.2, 0.25) is 0 Å². The van der Waals surface area contributed by atoms with Gasteiger partial charge in [-0.05, 0) is 38.5 Å². The standard InChI is InChI=1S/C10H18O2S/c11-7-3-1-5-9(7)13-10-6-2-4-8(10)12/h7-12H,1-6H2. The molecule has 0 aromatic carbocycles. The largest absolute Gasteiger partial charge is 0.392 e. The van der Waals surface area contributed by atoms with Crippen LogP contribution in [0.15, 0.2) is 0 Å². The van der Waals surface area contributed by atoms with Crippen LogP contribution in [0.1, 0.15) is 38.5 Å². The van der Waals surface area contributed by atoms with Crippen molar-refractivity contribution in [1.29, 1.82) is 0 Å². The molecule has 13 heavy (non-hydrogen) atoms. The lowest BCUT2D eigenvalue weighted by atomic mass is 10.3. The summed E-state index contributed by atoms with van der Waals surface area (Å²) in [6.45, 7) is 0. The van der Waals surface area contributed by atoms with Gasteiger partial charge in [0.15, 0.2) is 0 Å².